The Morgan fingerprint density at radius 2 is 1.50 bits per heavy atom. The van der Waals surface area contributed by atoms with E-state index in [9.17, 15) is 0 Å². The van der Waals surface area contributed by atoms with Gasteiger partial charge in [0.25, 0.3) is 0 Å². The van der Waals surface area contributed by atoms with E-state index < -0.39 is 8.32 Å². The molecule has 2 aliphatic carbocycles. The molecule has 1 saturated heterocycles. The van der Waals surface area contributed by atoms with Gasteiger partial charge in [-0.05, 0) is 101 Å². The zero-order valence-electron chi connectivity index (χ0n) is 28.3. The van der Waals surface area contributed by atoms with Crippen molar-refractivity contribution < 1.29 is 18.5 Å². The van der Waals surface area contributed by atoms with Gasteiger partial charge in [-0.3, -0.25) is 4.68 Å². The first kappa shape index (κ1) is 32.2. The molecule has 6 nitrogen and oxygen atoms in total. The Morgan fingerprint density at radius 1 is 0.900 bits per heavy atom. The van der Waals surface area contributed by atoms with E-state index in [0.29, 0.717) is 13.2 Å². The van der Waals surface area contributed by atoms with Gasteiger partial charge in [0.1, 0.15) is 0 Å². The van der Waals surface area contributed by atoms with E-state index in [2.05, 4.69) is 101 Å². The molecular weight excluding hydrogens is 515 g/mol. The van der Waals surface area contributed by atoms with Crippen LogP contribution in [-0.4, -0.2) is 55.2 Å². The molecule has 3 aliphatic rings. The van der Waals surface area contributed by atoms with Gasteiger partial charge in [0, 0.05) is 23.9 Å². The van der Waals surface area contributed by atoms with Crippen LogP contribution < -0.4 is 5.46 Å². The van der Waals surface area contributed by atoms with Crippen LogP contribution in [0.25, 0.3) is 0 Å². The largest absolute Gasteiger partial charge is 0.498 e. The van der Waals surface area contributed by atoms with Crippen LogP contribution in [0.1, 0.15) is 114 Å². The van der Waals surface area contributed by atoms with Gasteiger partial charge in [0.05, 0.1) is 30.0 Å². The lowest BCUT2D eigenvalue weighted by atomic mass is 9.48. The Labute approximate surface area is 246 Å². The van der Waals surface area contributed by atoms with E-state index in [0.717, 1.165) is 37.0 Å². The minimum Gasteiger partial charge on any atom is -0.414 e. The third-order valence-corrected chi connectivity index (χ3v) is 15.5. The van der Waals surface area contributed by atoms with Crippen LogP contribution in [0.3, 0.4) is 0 Å². The van der Waals surface area contributed by atoms with Gasteiger partial charge in [0.15, 0.2) is 8.32 Å². The average molecular weight is 575 g/mol. The lowest BCUT2D eigenvalue weighted by Gasteiger charge is -2.61. The predicted molar refractivity (Wildman–Crippen MR) is 168 cm³/mol. The van der Waals surface area contributed by atoms with E-state index in [1.807, 2.05) is 6.20 Å². The molecule has 40 heavy (non-hydrogen) atoms. The highest BCUT2D eigenvalue weighted by molar-refractivity contribution is 6.74. The van der Waals surface area contributed by atoms with Crippen LogP contribution in [0, 0.1) is 23.2 Å². The summed E-state index contributed by atoms with van der Waals surface area (Å²) in [5.41, 5.74) is 1.91. The lowest BCUT2D eigenvalue weighted by Crippen LogP contribution is -2.57. The minimum absolute atomic E-state index is 0.0772. The van der Waals surface area contributed by atoms with Gasteiger partial charge < -0.3 is 18.5 Å². The molecule has 3 fully saturated rings. The molecule has 0 aromatic carbocycles. The van der Waals surface area contributed by atoms with Crippen LogP contribution in [0.2, 0.25) is 18.1 Å². The summed E-state index contributed by atoms with van der Waals surface area (Å²) in [5.74, 6) is 0. The fourth-order valence-corrected chi connectivity index (χ4v) is 9.36. The quantitative estimate of drug-likeness (QED) is 0.241. The molecule has 228 valence electrons. The predicted octanol–water partition coefficient (Wildman–Crippen LogP) is 7.28. The first-order chi connectivity index (χ1) is 17.9. The number of rotatable bonds is 8. The van der Waals surface area contributed by atoms with E-state index in [1.54, 1.807) is 0 Å². The number of nitrogens with zero attached hydrogens (tertiary/aromatic N) is 2. The molecule has 1 aliphatic heterocycles. The van der Waals surface area contributed by atoms with Crippen molar-refractivity contribution in [2.45, 2.75) is 157 Å². The molecule has 2 heterocycles. The Balaban J connectivity index is 1.52. The van der Waals surface area contributed by atoms with E-state index >= 15 is 0 Å². The highest BCUT2D eigenvalue weighted by atomic mass is 28.4. The van der Waals surface area contributed by atoms with Gasteiger partial charge in [-0.25, -0.2) is 0 Å². The van der Waals surface area contributed by atoms with Gasteiger partial charge in [-0.2, -0.15) is 5.10 Å². The van der Waals surface area contributed by atoms with Crippen LogP contribution in [0.15, 0.2) is 6.20 Å². The smallest absolute Gasteiger partial charge is 0.414 e. The summed E-state index contributed by atoms with van der Waals surface area (Å²) in [6.45, 7) is 34.2. The fraction of sp³-hybridized carbons (Fsp3) is 0.906. The normalized spacial score (nSPS) is 33.4. The van der Waals surface area contributed by atoms with Crippen molar-refractivity contribution in [3.8, 4) is 0 Å². The van der Waals surface area contributed by atoms with Crippen LogP contribution in [-0.2, 0) is 25.0 Å². The number of aromatic nitrogens is 2. The lowest BCUT2D eigenvalue weighted by molar-refractivity contribution is -0.196. The molecule has 2 saturated carbocycles. The first-order valence-corrected chi connectivity index (χ1v) is 18.5. The summed E-state index contributed by atoms with van der Waals surface area (Å²) in [6, 6.07) is 0. The summed E-state index contributed by atoms with van der Waals surface area (Å²) in [7, 11) is -2.18. The fourth-order valence-electron chi connectivity index (χ4n) is 8.33. The van der Waals surface area contributed by atoms with Gasteiger partial charge in [-0.15, -0.1) is 0 Å². The standard InChI is InChI=1S/C32H59BN2O4Si/c1-24-25(33-38-28(7,8)29(9,10)39-33)17-34-35(24)23-31(12)20-30(11)18-27(5,6)19-32(21-30,22-31)36-15-16-37-40(13,14)26(2,3)4/h17H,15-16,18-23H2,1-14H3. The van der Waals surface area contributed by atoms with Crippen molar-refractivity contribution in [2.24, 2.45) is 16.2 Å². The van der Waals surface area contributed by atoms with Gasteiger partial charge in [0.2, 0.25) is 0 Å². The molecule has 0 amide bonds. The molecule has 2 bridgehead atoms. The second-order valence-electron chi connectivity index (χ2n) is 17.7. The van der Waals surface area contributed by atoms with Crippen LogP contribution in [0.4, 0.5) is 0 Å². The second-order valence-corrected chi connectivity index (χ2v) is 22.6. The van der Waals surface area contributed by atoms with Gasteiger partial charge in [-0.1, -0.05) is 48.5 Å². The summed E-state index contributed by atoms with van der Waals surface area (Å²) in [6.07, 6.45) is 7.65. The second kappa shape index (κ2) is 9.93. The maximum atomic E-state index is 6.97. The van der Waals surface area contributed by atoms with E-state index in [4.69, 9.17) is 23.6 Å². The molecule has 8 heteroatoms. The van der Waals surface area contributed by atoms with Crippen molar-refractivity contribution in [2.75, 3.05) is 13.2 Å². The highest BCUT2D eigenvalue weighted by Crippen LogP contribution is 2.63. The molecule has 4 rings (SSSR count). The summed E-state index contributed by atoms with van der Waals surface area (Å²) >= 11 is 0. The summed E-state index contributed by atoms with van der Waals surface area (Å²) in [5, 5.41) is 5.10. The number of fused-ring (bicyclic) bond motifs is 2. The van der Waals surface area contributed by atoms with Crippen LogP contribution in [0.5, 0.6) is 0 Å². The maximum absolute atomic E-state index is 6.97. The zero-order chi connectivity index (χ0) is 30.2. The molecule has 1 aromatic rings. The van der Waals surface area contributed by atoms with Crippen molar-refractivity contribution in [3.05, 3.63) is 11.9 Å². The third-order valence-electron chi connectivity index (χ3n) is 11.0. The summed E-state index contributed by atoms with van der Waals surface area (Å²) < 4.78 is 28.4. The maximum Gasteiger partial charge on any atom is 0.498 e. The van der Waals surface area contributed by atoms with Crippen molar-refractivity contribution >= 4 is 20.9 Å². The average Bonchev–Trinajstić information content (AvgIpc) is 3.16. The molecule has 3 unspecified atom stereocenters. The van der Waals surface area contributed by atoms with Crippen molar-refractivity contribution in [3.63, 3.8) is 0 Å². The molecule has 0 radical (unpaired) electrons. The molecule has 3 atom stereocenters. The first-order valence-electron chi connectivity index (χ1n) is 15.6. The van der Waals surface area contributed by atoms with Crippen LogP contribution >= 0.6 is 0 Å². The summed E-state index contributed by atoms with van der Waals surface area (Å²) in [4.78, 5) is 0. The SMILES string of the molecule is Cc1c(B2OC(C)(C)C(C)(C)O2)cnn1CC1(C)CC2(C)CC(C)(C)CC(OCCO[Si](C)(C)C(C)(C)C)(C1)C2. The number of hydrogen-bond donors (Lipinski definition) is 0. The van der Waals surface area contributed by atoms with Crippen molar-refractivity contribution in [1.29, 1.82) is 0 Å². The molecule has 0 spiro atoms. The van der Waals surface area contributed by atoms with Crippen molar-refractivity contribution in [1.82, 2.24) is 9.78 Å². The monoisotopic (exact) mass is 574 g/mol. The third kappa shape index (κ3) is 6.32. The van der Waals surface area contributed by atoms with Gasteiger partial charge >= 0.3 is 7.12 Å². The Morgan fingerprint density at radius 3 is 2.08 bits per heavy atom. The zero-order valence-corrected chi connectivity index (χ0v) is 29.3. The highest BCUT2D eigenvalue weighted by Gasteiger charge is 2.58. The Bertz CT molecular complexity index is 1070. The van der Waals surface area contributed by atoms with E-state index in [1.165, 1.54) is 12.8 Å². The topological polar surface area (TPSA) is 54.7 Å². The van der Waals surface area contributed by atoms with E-state index in [-0.39, 0.29) is 45.2 Å². The molecular formula is C32H59BN2O4Si. The number of hydrogen-bond acceptors (Lipinski definition) is 5. The Kier molecular flexibility index (Phi) is 8.01. The Hall–Kier alpha value is -0.668. The number of ether oxygens (including phenoxy) is 1. The minimum atomic E-state index is -1.79. The molecule has 1 aromatic heterocycles. The molecule has 0 N–H and O–H groups in total.